The molecule has 1 fully saturated rings. The molecule has 0 amide bonds. The van der Waals surface area contributed by atoms with E-state index in [0.29, 0.717) is 0 Å². The SMILES string of the molecule is Cn1cc(CCN2CCC(O)C2)cn1. The maximum Gasteiger partial charge on any atom is 0.0679 e. The molecule has 1 N–H and O–H groups in total. The summed E-state index contributed by atoms with van der Waals surface area (Å²) in [5.74, 6) is 0. The lowest BCUT2D eigenvalue weighted by atomic mass is 10.2. The summed E-state index contributed by atoms with van der Waals surface area (Å²) in [7, 11) is 1.93. The Morgan fingerprint density at radius 1 is 1.64 bits per heavy atom. The van der Waals surface area contributed by atoms with Gasteiger partial charge in [0.25, 0.3) is 0 Å². The average molecular weight is 195 g/mol. The van der Waals surface area contributed by atoms with Gasteiger partial charge in [-0.1, -0.05) is 0 Å². The molecular weight excluding hydrogens is 178 g/mol. The van der Waals surface area contributed by atoms with Gasteiger partial charge < -0.3 is 10.0 Å². The van der Waals surface area contributed by atoms with Gasteiger partial charge in [-0.25, -0.2) is 0 Å². The van der Waals surface area contributed by atoms with Crippen LogP contribution in [0.1, 0.15) is 12.0 Å². The van der Waals surface area contributed by atoms with Crippen LogP contribution in [-0.2, 0) is 13.5 Å². The van der Waals surface area contributed by atoms with Gasteiger partial charge in [-0.3, -0.25) is 4.68 Å². The average Bonchev–Trinajstić information content (AvgIpc) is 2.72. The molecule has 78 valence electrons. The number of rotatable bonds is 3. The topological polar surface area (TPSA) is 41.3 Å². The summed E-state index contributed by atoms with van der Waals surface area (Å²) < 4.78 is 1.83. The van der Waals surface area contributed by atoms with E-state index in [0.717, 1.165) is 32.5 Å². The highest BCUT2D eigenvalue weighted by Crippen LogP contribution is 2.09. The van der Waals surface area contributed by atoms with E-state index in [9.17, 15) is 5.11 Å². The van der Waals surface area contributed by atoms with Crippen LogP contribution in [0.25, 0.3) is 0 Å². The maximum absolute atomic E-state index is 9.34. The molecule has 2 rings (SSSR count). The zero-order valence-corrected chi connectivity index (χ0v) is 8.56. The van der Waals surface area contributed by atoms with Crippen molar-refractivity contribution in [3.63, 3.8) is 0 Å². The van der Waals surface area contributed by atoms with Crippen LogP contribution in [0.5, 0.6) is 0 Å². The van der Waals surface area contributed by atoms with E-state index in [4.69, 9.17) is 0 Å². The number of likely N-dealkylation sites (tertiary alicyclic amines) is 1. The third-order valence-electron chi connectivity index (χ3n) is 2.72. The fourth-order valence-corrected chi connectivity index (χ4v) is 1.90. The quantitative estimate of drug-likeness (QED) is 0.740. The van der Waals surface area contributed by atoms with Crippen molar-refractivity contribution in [3.8, 4) is 0 Å². The van der Waals surface area contributed by atoms with Gasteiger partial charge >= 0.3 is 0 Å². The summed E-state index contributed by atoms with van der Waals surface area (Å²) in [6.07, 6.45) is 5.80. The van der Waals surface area contributed by atoms with Crippen LogP contribution in [0.2, 0.25) is 0 Å². The van der Waals surface area contributed by atoms with E-state index >= 15 is 0 Å². The van der Waals surface area contributed by atoms with E-state index in [1.165, 1.54) is 5.56 Å². The molecule has 0 aromatic carbocycles. The highest BCUT2D eigenvalue weighted by molar-refractivity contribution is 5.04. The van der Waals surface area contributed by atoms with Crippen molar-refractivity contribution in [2.75, 3.05) is 19.6 Å². The summed E-state index contributed by atoms with van der Waals surface area (Å²) in [5.41, 5.74) is 1.27. The van der Waals surface area contributed by atoms with Crippen molar-refractivity contribution in [2.45, 2.75) is 18.9 Å². The van der Waals surface area contributed by atoms with Crippen LogP contribution in [0, 0.1) is 0 Å². The number of hydrogen-bond donors (Lipinski definition) is 1. The second-order valence-corrected chi connectivity index (χ2v) is 4.02. The van der Waals surface area contributed by atoms with E-state index in [-0.39, 0.29) is 6.10 Å². The molecule has 1 aliphatic heterocycles. The van der Waals surface area contributed by atoms with E-state index in [1.807, 2.05) is 24.1 Å². The van der Waals surface area contributed by atoms with Gasteiger partial charge in [0.2, 0.25) is 0 Å². The minimum Gasteiger partial charge on any atom is -0.392 e. The largest absolute Gasteiger partial charge is 0.392 e. The number of hydrogen-bond acceptors (Lipinski definition) is 3. The Morgan fingerprint density at radius 3 is 3.07 bits per heavy atom. The highest BCUT2D eigenvalue weighted by Gasteiger charge is 2.19. The summed E-state index contributed by atoms with van der Waals surface area (Å²) >= 11 is 0. The zero-order valence-electron chi connectivity index (χ0n) is 8.56. The van der Waals surface area contributed by atoms with Crippen molar-refractivity contribution < 1.29 is 5.11 Å². The Morgan fingerprint density at radius 2 is 2.50 bits per heavy atom. The predicted molar refractivity (Wildman–Crippen MR) is 54.0 cm³/mol. The first kappa shape index (κ1) is 9.68. The highest BCUT2D eigenvalue weighted by atomic mass is 16.3. The summed E-state index contributed by atoms with van der Waals surface area (Å²) in [4.78, 5) is 2.30. The van der Waals surface area contributed by atoms with E-state index < -0.39 is 0 Å². The molecular formula is C10H17N3O. The lowest BCUT2D eigenvalue weighted by Crippen LogP contribution is -2.24. The molecule has 0 aliphatic carbocycles. The van der Waals surface area contributed by atoms with Crippen LogP contribution in [0.15, 0.2) is 12.4 Å². The molecule has 14 heavy (non-hydrogen) atoms. The number of nitrogens with zero attached hydrogens (tertiary/aromatic N) is 3. The molecule has 1 aromatic heterocycles. The molecule has 0 saturated carbocycles. The predicted octanol–water partition coefficient (Wildman–Crippen LogP) is 0.0292. The second-order valence-electron chi connectivity index (χ2n) is 4.02. The number of aliphatic hydroxyl groups excluding tert-OH is 1. The van der Waals surface area contributed by atoms with Crippen molar-refractivity contribution in [2.24, 2.45) is 7.05 Å². The first-order valence-corrected chi connectivity index (χ1v) is 5.12. The zero-order chi connectivity index (χ0) is 9.97. The normalized spacial score (nSPS) is 23.1. The van der Waals surface area contributed by atoms with Gasteiger partial charge in [0, 0.05) is 32.9 Å². The molecule has 1 saturated heterocycles. The van der Waals surface area contributed by atoms with Crippen molar-refractivity contribution in [1.29, 1.82) is 0 Å². The second kappa shape index (κ2) is 4.11. The molecule has 4 nitrogen and oxygen atoms in total. The van der Waals surface area contributed by atoms with Gasteiger partial charge in [-0.15, -0.1) is 0 Å². The maximum atomic E-state index is 9.34. The number of aliphatic hydroxyl groups is 1. The van der Waals surface area contributed by atoms with Crippen LogP contribution < -0.4 is 0 Å². The number of aromatic nitrogens is 2. The lowest BCUT2D eigenvalue weighted by molar-refractivity contribution is 0.177. The van der Waals surface area contributed by atoms with Crippen LogP contribution in [0.3, 0.4) is 0 Å². The smallest absolute Gasteiger partial charge is 0.0679 e. The van der Waals surface area contributed by atoms with Crippen LogP contribution in [0.4, 0.5) is 0 Å². The third kappa shape index (κ3) is 2.33. The molecule has 2 heterocycles. The summed E-state index contributed by atoms with van der Waals surface area (Å²) in [6.45, 7) is 2.89. The van der Waals surface area contributed by atoms with Crippen molar-refractivity contribution in [3.05, 3.63) is 18.0 Å². The van der Waals surface area contributed by atoms with Gasteiger partial charge in [0.05, 0.1) is 12.3 Å². The van der Waals surface area contributed by atoms with Gasteiger partial charge in [-0.2, -0.15) is 5.10 Å². The molecule has 4 heteroatoms. The van der Waals surface area contributed by atoms with Crippen LogP contribution in [-0.4, -0.2) is 45.5 Å². The monoisotopic (exact) mass is 195 g/mol. The van der Waals surface area contributed by atoms with Crippen molar-refractivity contribution in [1.82, 2.24) is 14.7 Å². The van der Waals surface area contributed by atoms with Gasteiger partial charge in [0.1, 0.15) is 0 Å². The van der Waals surface area contributed by atoms with E-state index in [1.54, 1.807) is 0 Å². The first-order valence-electron chi connectivity index (χ1n) is 5.12. The van der Waals surface area contributed by atoms with Gasteiger partial charge in [-0.05, 0) is 18.4 Å². The Bertz CT molecular complexity index is 297. The minimum absolute atomic E-state index is 0.108. The Hall–Kier alpha value is -0.870. The van der Waals surface area contributed by atoms with Crippen molar-refractivity contribution >= 4 is 0 Å². The Labute approximate surface area is 84.1 Å². The molecule has 1 aromatic rings. The number of β-amino-alcohol motifs (C(OH)–C–C–N with tert-alkyl or cyclic N) is 1. The fourth-order valence-electron chi connectivity index (χ4n) is 1.90. The standard InChI is InChI=1S/C10H17N3O/c1-12-7-9(6-11-12)2-4-13-5-3-10(14)8-13/h6-7,10,14H,2-5,8H2,1H3. The molecule has 1 aliphatic rings. The van der Waals surface area contributed by atoms with Crippen LogP contribution >= 0.6 is 0 Å². The minimum atomic E-state index is -0.108. The first-order chi connectivity index (χ1) is 6.74. The fraction of sp³-hybridized carbons (Fsp3) is 0.700. The number of aryl methyl sites for hydroxylation is 1. The Kier molecular flexibility index (Phi) is 2.84. The van der Waals surface area contributed by atoms with E-state index in [2.05, 4.69) is 10.00 Å². The summed E-state index contributed by atoms with van der Waals surface area (Å²) in [5, 5.41) is 13.5. The third-order valence-corrected chi connectivity index (χ3v) is 2.72. The molecule has 0 spiro atoms. The Balaban J connectivity index is 1.77. The summed E-state index contributed by atoms with van der Waals surface area (Å²) in [6, 6.07) is 0. The molecule has 0 bridgehead atoms. The molecule has 1 unspecified atom stereocenters. The lowest BCUT2D eigenvalue weighted by Gasteiger charge is -2.13. The molecule has 0 radical (unpaired) electrons. The molecule has 1 atom stereocenters. The van der Waals surface area contributed by atoms with Gasteiger partial charge in [0.15, 0.2) is 0 Å².